The fraction of sp³-hybridized carbons (Fsp3) is 0.125. The average Bonchev–Trinajstić information content (AvgIpc) is 3.03. The van der Waals surface area contributed by atoms with Gasteiger partial charge in [0, 0.05) is 17.7 Å². The standard InChI is InChI=1S/C16H13N3O5S2/c1-2-26(23,24)12-5-3-4-10(8-12)15(20)18-16-17-13-7-6-11(19(21)22)9-14(13)25-16/h3-9H,2H2,1H3,(H,17,18,20). The molecule has 3 rings (SSSR count). The number of sulfone groups is 1. The first-order chi connectivity index (χ1) is 12.3. The van der Waals surface area contributed by atoms with E-state index in [4.69, 9.17) is 0 Å². The first-order valence-electron chi connectivity index (χ1n) is 7.49. The highest BCUT2D eigenvalue weighted by Gasteiger charge is 2.16. The maximum absolute atomic E-state index is 12.4. The molecule has 0 aliphatic heterocycles. The molecule has 2 aromatic carbocycles. The highest BCUT2D eigenvalue weighted by molar-refractivity contribution is 7.91. The monoisotopic (exact) mass is 391 g/mol. The summed E-state index contributed by atoms with van der Waals surface area (Å²) in [7, 11) is -3.42. The molecule has 1 N–H and O–H groups in total. The lowest BCUT2D eigenvalue weighted by molar-refractivity contribution is -0.384. The summed E-state index contributed by atoms with van der Waals surface area (Å²) >= 11 is 1.10. The number of nitrogens with zero attached hydrogens (tertiary/aromatic N) is 2. The van der Waals surface area contributed by atoms with Crippen molar-refractivity contribution < 1.29 is 18.1 Å². The topological polar surface area (TPSA) is 119 Å². The number of carbonyl (C=O) groups is 1. The SMILES string of the molecule is CCS(=O)(=O)c1cccc(C(=O)Nc2nc3ccc([N+](=O)[O-])cc3s2)c1. The third kappa shape index (κ3) is 3.55. The van der Waals surface area contributed by atoms with E-state index in [2.05, 4.69) is 10.3 Å². The number of benzene rings is 2. The number of aromatic nitrogens is 1. The molecule has 1 amide bonds. The van der Waals surface area contributed by atoms with Crippen LogP contribution in [0.3, 0.4) is 0 Å². The third-order valence-corrected chi connectivity index (χ3v) is 6.30. The van der Waals surface area contributed by atoms with Gasteiger partial charge in [0.2, 0.25) is 0 Å². The van der Waals surface area contributed by atoms with Crippen LogP contribution in [0.15, 0.2) is 47.4 Å². The van der Waals surface area contributed by atoms with E-state index in [0.717, 1.165) is 11.3 Å². The molecule has 10 heteroatoms. The first-order valence-corrected chi connectivity index (χ1v) is 9.96. The number of nitrogens with one attached hydrogen (secondary N) is 1. The largest absolute Gasteiger partial charge is 0.298 e. The molecule has 0 atom stereocenters. The Balaban J connectivity index is 1.87. The summed E-state index contributed by atoms with van der Waals surface area (Å²) in [5.41, 5.74) is 0.652. The highest BCUT2D eigenvalue weighted by atomic mass is 32.2. The summed E-state index contributed by atoms with van der Waals surface area (Å²) in [6, 6.07) is 9.98. The van der Waals surface area contributed by atoms with Crippen LogP contribution >= 0.6 is 11.3 Å². The van der Waals surface area contributed by atoms with Gasteiger partial charge in [-0.25, -0.2) is 13.4 Å². The van der Waals surface area contributed by atoms with Gasteiger partial charge in [-0.05, 0) is 24.3 Å². The lowest BCUT2D eigenvalue weighted by atomic mass is 10.2. The number of fused-ring (bicyclic) bond motifs is 1. The molecule has 8 nitrogen and oxygen atoms in total. The van der Waals surface area contributed by atoms with Crippen molar-refractivity contribution in [1.82, 2.24) is 4.98 Å². The fourth-order valence-corrected chi connectivity index (χ4v) is 4.07. The van der Waals surface area contributed by atoms with Crippen LogP contribution < -0.4 is 5.32 Å². The molecule has 0 saturated heterocycles. The molecule has 0 unspecified atom stereocenters. The number of carbonyl (C=O) groups excluding carboxylic acids is 1. The average molecular weight is 391 g/mol. The molecule has 1 heterocycles. The maximum atomic E-state index is 12.4. The first kappa shape index (κ1) is 18.0. The zero-order chi connectivity index (χ0) is 18.9. The quantitative estimate of drug-likeness (QED) is 0.527. The summed E-state index contributed by atoms with van der Waals surface area (Å²) in [5.74, 6) is -0.568. The zero-order valence-corrected chi connectivity index (χ0v) is 15.1. The number of thiazole rings is 1. The summed E-state index contributed by atoms with van der Waals surface area (Å²) in [5, 5.41) is 13.7. The normalized spacial score (nSPS) is 11.4. The van der Waals surface area contributed by atoms with E-state index >= 15 is 0 Å². The number of nitro groups is 1. The molecular formula is C16H13N3O5S2. The van der Waals surface area contributed by atoms with Crippen molar-refractivity contribution in [2.75, 3.05) is 11.1 Å². The van der Waals surface area contributed by atoms with Gasteiger partial charge in [-0.3, -0.25) is 20.2 Å². The summed E-state index contributed by atoms with van der Waals surface area (Å²) in [6.07, 6.45) is 0. The summed E-state index contributed by atoms with van der Waals surface area (Å²) in [6.45, 7) is 1.53. The van der Waals surface area contributed by atoms with Crippen LogP contribution in [0.25, 0.3) is 10.2 Å². The van der Waals surface area contributed by atoms with Crippen LogP contribution in [0.5, 0.6) is 0 Å². The molecule has 0 aliphatic rings. The van der Waals surface area contributed by atoms with E-state index in [0.29, 0.717) is 10.2 Å². The Kier molecular flexibility index (Phi) is 4.70. The number of anilines is 1. The third-order valence-electron chi connectivity index (χ3n) is 3.64. The van der Waals surface area contributed by atoms with Gasteiger partial charge in [0.25, 0.3) is 11.6 Å². The number of rotatable bonds is 5. The number of hydrogen-bond donors (Lipinski definition) is 1. The van der Waals surface area contributed by atoms with Gasteiger partial charge >= 0.3 is 0 Å². The maximum Gasteiger partial charge on any atom is 0.270 e. The van der Waals surface area contributed by atoms with Crippen molar-refractivity contribution in [3.8, 4) is 0 Å². The number of nitro benzene ring substituents is 1. The smallest absolute Gasteiger partial charge is 0.270 e. The molecule has 134 valence electrons. The van der Waals surface area contributed by atoms with Gasteiger partial charge in [0.05, 0.1) is 25.8 Å². The van der Waals surface area contributed by atoms with E-state index in [1.807, 2.05) is 0 Å². The number of hydrogen-bond acceptors (Lipinski definition) is 7. The minimum atomic E-state index is -3.42. The predicted molar refractivity (Wildman–Crippen MR) is 98.4 cm³/mol. The number of non-ortho nitro benzene ring substituents is 1. The highest BCUT2D eigenvalue weighted by Crippen LogP contribution is 2.29. The summed E-state index contributed by atoms with van der Waals surface area (Å²) < 4.78 is 24.4. The Morgan fingerprint density at radius 1 is 1.27 bits per heavy atom. The van der Waals surface area contributed by atoms with Gasteiger partial charge in [-0.1, -0.05) is 24.3 Å². The van der Waals surface area contributed by atoms with E-state index in [1.165, 1.54) is 49.4 Å². The molecule has 0 fully saturated rings. The Morgan fingerprint density at radius 3 is 2.73 bits per heavy atom. The molecule has 0 radical (unpaired) electrons. The van der Waals surface area contributed by atoms with Gasteiger partial charge in [0.15, 0.2) is 15.0 Å². The second kappa shape index (κ2) is 6.81. The van der Waals surface area contributed by atoms with Crippen LogP contribution in [0.1, 0.15) is 17.3 Å². The van der Waals surface area contributed by atoms with Crippen molar-refractivity contribution in [2.45, 2.75) is 11.8 Å². The fourth-order valence-electron chi connectivity index (χ4n) is 2.25. The van der Waals surface area contributed by atoms with Crippen LogP contribution in [0.2, 0.25) is 0 Å². The van der Waals surface area contributed by atoms with Crippen LogP contribution in [-0.2, 0) is 9.84 Å². The molecule has 0 aliphatic carbocycles. The second-order valence-electron chi connectivity index (χ2n) is 5.31. The van der Waals surface area contributed by atoms with Crippen LogP contribution in [0.4, 0.5) is 10.8 Å². The van der Waals surface area contributed by atoms with E-state index in [9.17, 15) is 23.3 Å². The molecule has 0 bridgehead atoms. The lowest BCUT2D eigenvalue weighted by Gasteiger charge is -2.05. The minimum absolute atomic E-state index is 0.0588. The molecular weight excluding hydrogens is 378 g/mol. The van der Waals surface area contributed by atoms with Gasteiger partial charge < -0.3 is 0 Å². The summed E-state index contributed by atoms with van der Waals surface area (Å²) in [4.78, 5) is 27.0. The van der Waals surface area contributed by atoms with Gasteiger partial charge in [-0.15, -0.1) is 0 Å². The molecule has 0 spiro atoms. The molecule has 26 heavy (non-hydrogen) atoms. The Morgan fingerprint density at radius 2 is 2.04 bits per heavy atom. The molecule has 1 aromatic heterocycles. The van der Waals surface area contributed by atoms with E-state index < -0.39 is 20.7 Å². The number of amides is 1. The van der Waals surface area contributed by atoms with Crippen molar-refractivity contribution >= 4 is 48.1 Å². The van der Waals surface area contributed by atoms with E-state index in [1.54, 1.807) is 0 Å². The van der Waals surface area contributed by atoms with Crippen LogP contribution in [0, 0.1) is 10.1 Å². The van der Waals surface area contributed by atoms with Gasteiger partial charge in [-0.2, -0.15) is 0 Å². The zero-order valence-electron chi connectivity index (χ0n) is 13.5. The van der Waals surface area contributed by atoms with Crippen molar-refractivity contribution in [1.29, 1.82) is 0 Å². The second-order valence-corrected chi connectivity index (χ2v) is 8.62. The predicted octanol–water partition coefficient (Wildman–Crippen LogP) is 3.25. The lowest BCUT2D eigenvalue weighted by Crippen LogP contribution is -2.13. The molecule has 0 saturated carbocycles. The Labute approximate surface area is 152 Å². The van der Waals surface area contributed by atoms with Crippen molar-refractivity contribution in [3.05, 3.63) is 58.1 Å². The van der Waals surface area contributed by atoms with Crippen LogP contribution in [-0.4, -0.2) is 30.0 Å². The van der Waals surface area contributed by atoms with Crippen molar-refractivity contribution in [2.24, 2.45) is 0 Å². The Bertz CT molecular complexity index is 1120. The molecule has 3 aromatic rings. The Hall–Kier alpha value is -2.85. The van der Waals surface area contributed by atoms with Crippen molar-refractivity contribution in [3.63, 3.8) is 0 Å². The van der Waals surface area contributed by atoms with Gasteiger partial charge in [0.1, 0.15) is 0 Å². The van der Waals surface area contributed by atoms with E-state index in [-0.39, 0.29) is 27.0 Å². The minimum Gasteiger partial charge on any atom is -0.298 e.